The molecule has 0 spiro atoms. The molecule has 32 heavy (non-hydrogen) atoms. The maximum absolute atomic E-state index is 13.6. The number of carbonyl (C=O) groups is 2. The molecule has 0 aromatic heterocycles. The van der Waals surface area contributed by atoms with E-state index in [2.05, 4.69) is 0 Å². The predicted molar refractivity (Wildman–Crippen MR) is 118 cm³/mol. The Morgan fingerprint density at radius 1 is 1.06 bits per heavy atom. The molecule has 170 valence electrons. The largest absolute Gasteiger partial charge is 0.507 e. The van der Waals surface area contributed by atoms with Gasteiger partial charge in [-0.25, -0.2) is 4.39 Å². The molecule has 1 saturated heterocycles. The van der Waals surface area contributed by atoms with Crippen LogP contribution >= 0.6 is 0 Å². The van der Waals surface area contributed by atoms with Crippen LogP contribution in [-0.2, 0) is 9.59 Å². The summed E-state index contributed by atoms with van der Waals surface area (Å²) in [5.41, 5.74) is 0.803. The Morgan fingerprint density at radius 3 is 2.31 bits per heavy atom. The summed E-state index contributed by atoms with van der Waals surface area (Å²) in [5, 5.41) is 11.1. The lowest BCUT2D eigenvalue weighted by atomic mass is 9.95. The van der Waals surface area contributed by atoms with E-state index in [-0.39, 0.29) is 11.3 Å². The number of nitrogens with zero attached hydrogens (tertiary/aromatic N) is 2. The molecule has 8 heteroatoms. The van der Waals surface area contributed by atoms with Crippen molar-refractivity contribution < 1.29 is 28.6 Å². The van der Waals surface area contributed by atoms with Crippen LogP contribution in [0.25, 0.3) is 5.76 Å². The zero-order valence-corrected chi connectivity index (χ0v) is 18.6. The number of benzene rings is 2. The van der Waals surface area contributed by atoms with Gasteiger partial charge in [0.25, 0.3) is 11.7 Å². The number of carbonyl (C=O) groups excluding carboxylic acids is 2. The van der Waals surface area contributed by atoms with Gasteiger partial charge in [-0.15, -0.1) is 0 Å². The van der Waals surface area contributed by atoms with Gasteiger partial charge < -0.3 is 24.4 Å². The highest BCUT2D eigenvalue weighted by Gasteiger charge is 2.45. The van der Waals surface area contributed by atoms with Crippen LogP contribution in [-0.4, -0.2) is 68.0 Å². The minimum Gasteiger partial charge on any atom is -0.507 e. The number of aliphatic hydroxyl groups excluding tert-OH is 1. The van der Waals surface area contributed by atoms with Gasteiger partial charge in [-0.05, 0) is 63.0 Å². The van der Waals surface area contributed by atoms with Crippen molar-refractivity contribution in [3.63, 3.8) is 0 Å². The average molecular weight is 442 g/mol. The fourth-order valence-electron chi connectivity index (χ4n) is 3.80. The molecular formula is C24H27FN2O5. The normalized spacial score (nSPS) is 17.8. The molecule has 1 aliphatic heterocycles. The monoisotopic (exact) mass is 442 g/mol. The Hall–Kier alpha value is -3.39. The maximum Gasteiger partial charge on any atom is 0.295 e. The molecular weight excluding hydrogens is 415 g/mol. The summed E-state index contributed by atoms with van der Waals surface area (Å²) in [6.45, 7) is 1.03. The first-order valence-corrected chi connectivity index (χ1v) is 10.2. The number of halogens is 1. The van der Waals surface area contributed by atoms with Crippen molar-refractivity contribution in [2.24, 2.45) is 0 Å². The molecule has 0 aliphatic carbocycles. The molecule has 1 amide bonds. The number of methoxy groups -OCH3 is 2. The first-order valence-electron chi connectivity index (χ1n) is 10.2. The molecule has 1 heterocycles. The Kier molecular flexibility index (Phi) is 7.15. The molecule has 0 radical (unpaired) electrons. The van der Waals surface area contributed by atoms with Crippen molar-refractivity contribution in [2.45, 2.75) is 12.5 Å². The molecule has 0 saturated carbocycles. The zero-order valence-electron chi connectivity index (χ0n) is 18.6. The fraction of sp³-hybridized carbons (Fsp3) is 0.333. The van der Waals surface area contributed by atoms with E-state index in [4.69, 9.17) is 9.47 Å². The Morgan fingerprint density at radius 2 is 1.72 bits per heavy atom. The van der Waals surface area contributed by atoms with E-state index in [1.807, 2.05) is 19.0 Å². The SMILES string of the molecule is COc1ccc(/C(O)=C2\C(=O)C(=O)N(CCCN(C)C)[C@@H]2c2ccc(F)cc2)cc1OC. The van der Waals surface area contributed by atoms with Crippen LogP contribution in [0, 0.1) is 5.82 Å². The summed E-state index contributed by atoms with van der Waals surface area (Å²) in [5.74, 6) is -1.40. The first kappa shape index (κ1) is 23.3. The lowest BCUT2D eigenvalue weighted by molar-refractivity contribution is -0.139. The van der Waals surface area contributed by atoms with Crippen LogP contribution in [0.15, 0.2) is 48.0 Å². The summed E-state index contributed by atoms with van der Waals surface area (Å²) >= 11 is 0. The zero-order chi connectivity index (χ0) is 23.4. The lowest BCUT2D eigenvalue weighted by Gasteiger charge is -2.26. The van der Waals surface area contributed by atoms with Crippen LogP contribution < -0.4 is 9.47 Å². The van der Waals surface area contributed by atoms with Gasteiger partial charge in [0.05, 0.1) is 25.8 Å². The molecule has 1 fully saturated rings. The van der Waals surface area contributed by atoms with Gasteiger partial charge >= 0.3 is 0 Å². The molecule has 0 bridgehead atoms. The van der Waals surface area contributed by atoms with Crippen LogP contribution in [0.1, 0.15) is 23.6 Å². The van der Waals surface area contributed by atoms with Gasteiger partial charge in [-0.2, -0.15) is 0 Å². The molecule has 0 unspecified atom stereocenters. The van der Waals surface area contributed by atoms with E-state index in [1.54, 1.807) is 12.1 Å². The quantitative estimate of drug-likeness (QED) is 0.384. The van der Waals surface area contributed by atoms with E-state index in [9.17, 15) is 19.1 Å². The van der Waals surface area contributed by atoms with Crippen molar-refractivity contribution in [1.82, 2.24) is 9.80 Å². The Balaban J connectivity index is 2.11. The highest BCUT2D eigenvalue weighted by atomic mass is 19.1. The minimum absolute atomic E-state index is 0.0429. The van der Waals surface area contributed by atoms with Crippen molar-refractivity contribution in [3.05, 3.63) is 65.0 Å². The van der Waals surface area contributed by atoms with Crippen LogP contribution in [0.2, 0.25) is 0 Å². The van der Waals surface area contributed by atoms with Gasteiger partial charge in [0.15, 0.2) is 11.5 Å². The molecule has 2 aromatic rings. The van der Waals surface area contributed by atoms with Crippen molar-refractivity contribution in [1.29, 1.82) is 0 Å². The van der Waals surface area contributed by atoms with E-state index in [0.29, 0.717) is 35.6 Å². The summed E-state index contributed by atoms with van der Waals surface area (Å²) in [7, 11) is 6.79. The highest BCUT2D eigenvalue weighted by Crippen LogP contribution is 2.40. The smallest absolute Gasteiger partial charge is 0.295 e. The van der Waals surface area contributed by atoms with Crippen molar-refractivity contribution in [2.75, 3.05) is 41.4 Å². The standard InChI is InChI=1S/C24H27FN2O5/c1-26(2)12-5-13-27-21(15-6-9-17(25)10-7-15)20(23(29)24(27)30)22(28)16-8-11-18(31-3)19(14-16)32-4/h6-11,14,21,28H,5,12-13H2,1-4H3/b22-20+/t21-/m1/s1. The number of ketones is 1. The summed E-state index contributed by atoms with van der Waals surface area (Å²) < 4.78 is 24.1. The molecule has 1 aliphatic rings. The topological polar surface area (TPSA) is 79.3 Å². The van der Waals surface area contributed by atoms with E-state index < -0.39 is 23.5 Å². The lowest BCUT2D eigenvalue weighted by Crippen LogP contribution is -2.32. The van der Waals surface area contributed by atoms with E-state index >= 15 is 0 Å². The van der Waals surface area contributed by atoms with Gasteiger partial charge in [0.2, 0.25) is 0 Å². The average Bonchev–Trinajstić information content (AvgIpc) is 3.03. The number of ether oxygens (including phenoxy) is 2. The summed E-state index contributed by atoms with van der Waals surface area (Å²) in [6, 6.07) is 9.48. The van der Waals surface area contributed by atoms with Gasteiger partial charge in [-0.3, -0.25) is 9.59 Å². The third-order valence-corrected chi connectivity index (χ3v) is 5.39. The molecule has 1 atom stereocenters. The fourth-order valence-corrected chi connectivity index (χ4v) is 3.80. The van der Waals surface area contributed by atoms with Crippen LogP contribution in [0.3, 0.4) is 0 Å². The van der Waals surface area contributed by atoms with E-state index in [0.717, 1.165) is 6.54 Å². The number of hydrogen-bond acceptors (Lipinski definition) is 6. The summed E-state index contributed by atoms with van der Waals surface area (Å²) in [6.07, 6.45) is 0.633. The molecule has 2 aromatic carbocycles. The molecule has 1 N–H and O–H groups in total. The Labute approximate surface area is 186 Å². The summed E-state index contributed by atoms with van der Waals surface area (Å²) in [4.78, 5) is 29.3. The minimum atomic E-state index is -0.828. The van der Waals surface area contributed by atoms with Crippen molar-refractivity contribution in [3.8, 4) is 11.5 Å². The first-order chi connectivity index (χ1) is 15.3. The van der Waals surface area contributed by atoms with Crippen LogP contribution in [0.5, 0.6) is 11.5 Å². The third kappa shape index (κ3) is 4.60. The second-order valence-electron chi connectivity index (χ2n) is 7.77. The number of amides is 1. The van der Waals surface area contributed by atoms with Gasteiger partial charge in [0, 0.05) is 12.1 Å². The predicted octanol–water partition coefficient (Wildman–Crippen LogP) is 3.22. The van der Waals surface area contributed by atoms with E-state index in [1.165, 1.54) is 49.5 Å². The second-order valence-corrected chi connectivity index (χ2v) is 7.77. The number of rotatable bonds is 8. The Bertz CT molecular complexity index is 1030. The number of aliphatic hydroxyl groups is 1. The molecule has 3 rings (SSSR count). The van der Waals surface area contributed by atoms with Gasteiger partial charge in [-0.1, -0.05) is 12.1 Å². The number of Topliss-reactive ketones (excluding diaryl/α,β-unsaturated/α-hetero) is 1. The highest BCUT2D eigenvalue weighted by molar-refractivity contribution is 6.46. The van der Waals surface area contributed by atoms with Crippen LogP contribution in [0.4, 0.5) is 4.39 Å². The van der Waals surface area contributed by atoms with Gasteiger partial charge in [0.1, 0.15) is 11.6 Å². The maximum atomic E-state index is 13.6. The van der Waals surface area contributed by atoms with Crippen molar-refractivity contribution >= 4 is 17.4 Å². The second kappa shape index (κ2) is 9.82. The number of likely N-dealkylation sites (tertiary alicyclic amines) is 1. The third-order valence-electron chi connectivity index (χ3n) is 5.39. The molecule has 7 nitrogen and oxygen atoms in total. The number of hydrogen-bond donors (Lipinski definition) is 1.